The van der Waals surface area contributed by atoms with Gasteiger partial charge in [0.15, 0.2) is 4.34 Å². The molecule has 0 fully saturated rings. The van der Waals surface area contributed by atoms with Gasteiger partial charge in [-0.2, -0.15) is 0 Å². The summed E-state index contributed by atoms with van der Waals surface area (Å²) in [6.07, 6.45) is 1.43. The molecule has 0 unspecified atom stereocenters. The summed E-state index contributed by atoms with van der Waals surface area (Å²) >= 11 is 3.36. The SMILES string of the molecule is COc1cccc(NS(=O)(=O)CCCCSc2nc3ccccc3s2)c1. The van der Waals surface area contributed by atoms with Crippen LogP contribution in [0.2, 0.25) is 0 Å². The molecule has 0 saturated heterocycles. The lowest BCUT2D eigenvalue weighted by atomic mass is 10.3. The molecule has 0 saturated carbocycles. The van der Waals surface area contributed by atoms with Gasteiger partial charge < -0.3 is 4.74 Å². The molecule has 138 valence electrons. The van der Waals surface area contributed by atoms with Crippen LogP contribution in [0.3, 0.4) is 0 Å². The number of hydrogen-bond acceptors (Lipinski definition) is 6. The van der Waals surface area contributed by atoms with Crippen molar-refractivity contribution in [2.75, 3.05) is 23.3 Å². The number of fused-ring (bicyclic) bond motifs is 1. The average molecular weight is 409 g/mol. The first kappa shape index (κ1) is 19.0. The second-order valence-corrected chi connectivity index (χ2v) is 9.87. The Morgan fingerprint density at radius 3 is 2.81 bits per heavy atom. The Hall–Kier alpha value is -1.77. The normalized spacial score (nSPS) is 11.6. The maximum absolute atomic E-state index is 12.2. The van der Waals surface area contributed by atoms with Gasteiger partial charge in [0.2, 0.25) is 10.0 Å². The number of anilines is 1. The minimum Gasteiger partial charge on any atom is -0.497 e. The lowest BCUT2D eigenvalue weighted by molar-refractivity contribution is 0.415. The summed E-state index contributed by atoms with van der Waals surface area (Å²) in [5, 5.41) is 0. The van der Waals surface area contributed by atoms with Crippen molar-refractivity contribution < 1.29 is 13.2 Å². The summed E-state index contributed by atoms with van der Waals surface area (Å²) in [4.78, 5) is 4.57. The predicted molar refractivity (Wildman–Crippen MR) is 110 cm³/mol. The Labute approximate surface area is 161 Å². The van der Waals surface area contributed by atoms with Crippen LogP contribution >= 0.6 is 23.1 Å². The fraction of sp³-hybridized carbons (Fsp3) is 0.278. The third-order valence-electron chi connectivity index (χ3n) is 3.65. The first-order valence-electron chi connectivity index (χ1n) is 8.19. The molecule has 0 bridgehead atoms. The molecule has 3 rings (SSSR count). The van der Waals surface area contributed by atoms with Crippen LogP contribution < -0.4 is 9.46 Å². The maximum Gasteiger partial charge on any atom is 0.232 e. The van der Waals surface area contributed by atoms with E-state index in [1.165, 1.54) is 4.70 Å². The van der Waals surface area contributed by atoms with Crippen molar-refractivity contribution in [1.29, 1.82) is 0 Å². The number of nitrogens with zero attached hydrogens (tertiary/aromatic N) is 1. The molecule has 0 aliphatic heterocycles. The molecule has 0 aliphatic carbocycles. The molecule has 8 heteroatoms. The number of thiazole rings is 1. The maximum atomic E-state index is 12.2. The van der Waals surface area contributed by atoms with E-state index in [0.29, 0.717) is 17.9 Å². The van der Waals surface area contributed by atoms with Crippen LogP contribution in [0.4, 0.5) is 5.69 Å². The van der Waals surface area contributed by atoms with Crippen LogP contribution in [0.5, 0.6) is 5.75 Å². The van der Waals surface area contributed by atoms with Crippen LogP contribution in [0.25, 0.3) is 10.2 Å². The van der Waals surface area contributed by atoms with Gasteiger partial charge >= 0.3 is 0 Å². The van der Waals surface area contributed by atoms with E-state index in [9.17, 15) is 8.42 Å². The Morgan fingerprint density at radius 2 is 2.00 bits per heavy atom. The highest BCUT2D eigenvalue weighted by atomic mass is 32.2. The molecule has 0 amide bonds. The summed E-state index contributed by atoms with van der Waals surface area (Å²) in [6.45, 7) is 0. The third kappa shape index (κ3) is 5.36. The zero-order chi connectivity index (χ0) is 18.4. The minimum atomic E-state index is -3.35. The number of benzene rings is 2. The first-order chi connectivity index (χ1) is 12.6. The van der Waals surface area contributed by atoms with Crippen LogP contribution in [0.1, 0.15) is 12.8 Å². The van der Waals surface area contributed by atoms with Crippen LogP contribution in [0, 0.1) is 0 Å². The van der Waals surface area contributed by atoms with Gasteiger partial charge in [0, 0.05) is 11.8 Å². The number of nitrogens with one attached hydrogen (secondary N) is 1. The fourth-order valence-electron chi connectivity index (χ4n) is 2.38. The van der Waals surface area contributed by atoms with Crippen molar-refractivity contribution >= 4 is 49.0 Å². The van der Waals surface area contributed by atoms with Gasteiger partial charge in [-0.25, -0.2) is 13.4 Å². The van der Waals surface area contributed by atoms with Crippen molar-refractivity contribution in [3.63, 3.8) is 0 Å². The highest BCUT2D eigenvalue weighted by Gasteiger charge is 2.11. The van der Waals surface area contributed by atoms with Gasteiger partial charge in [-0.15, -0.1) is 11.3 Å². The monoisotopic (exact) mass is 408 g/mol. The number of rotatable bonds is 9. The average Bonchev–Trinajstić information content (AvgIpc) is 3.04. The second kappa shape index (κ2) is 8.75. The molecule has 1 aromatic heterocycles. The number of thioether (sulfide) groups is 1. The number of para-hydroxylation sites is 1. The molecule has 0 aliphatic rings. The summed E-state index contributed by atoms with van der Waals surface area (Å²) in [5.74, 6) is 1.58. The number of sulfonamides is 1. The van der Waals surface area contributed by atoms with E-state index in [4.69, 9.17) is 4.74 Å². The van der Waals surface area contributed by atoms with Crippen LogP contribution in [-0.4, -0.2) is 32.0 Å². The molecular formula is C18H20N2O3S3. The van der Waals surface area contributed by atoms with Gasteiger partial charge in [-0.3, -0.25) is 4.72 Å². The van der Waals surface area contributed by atoms with E-state index in [-0.39, 0.29) is 5.75 Å². The van der Waals surface area contributed by atoms with Crippen LogP contribution in [0.15, 0.2) is 52.9 Å². The summed E-state index contributed by atoms with van der Waals surface area (Å²) in [7, 11) is -1.80. The van der Waals surface area contributed by atoms with Gasteiger partial charge in [-0.05, 0) is 37.1 Å². The van der Waals surface area contributed by atoms with Gasteiger partial charge in [0.1, 0.15) is 5.75 Å². The van der Waals surface area contributed by atoms with Crippen molar-refractivity contribution in [2.24, 2.45) is 0 Å². The zero-order valence-electron chi connectivity index (χ0n) is 14.3. The lowest BCUT2D eigenvalue weighted by Crippen LogP contribution is -2.16. The standard InChI is InChI=1S/C18H20N2O3S3/c1-23-15-8-6-7-14(13-15)20-26(21,22)12-5-4-11-24-18-19-16-9-2-3-10-17(16)25-18/h2-3,6-10,13,20H,4-5,11-12H2,1H3. The lowest BCUT2D eigenvalue weighted by Gasteiger charge is -2.09. The molecular weight excluding hydrogens is 388 g/mol. The highest BCUT2D eigenvalue weighted by molar-refractivity contribution is 8.01. The van der Waals surface area contributed by atoms with Crippen molar-refractivity contribution in [3.05, 3.63) is 48.5 Å². The second-order valence-electron chi connectivity index (χ2n) is 5.66. The first-order valence-corrected chi connectivity index (χ1v) is 11.6. The largest absolute Gasteiger partial charge is 0.497 e. The molecule has 2 aromatic carbocycles. The molecule has 3 aromatic rings. The van der Waals surface area contributed by atoms with E-state index >= 15 is 0 Å². The Morgan fingerprint density at radius 1 is 1.15 bits per heavy atom. The predicted octanol–water partition coefficient (Wildman–Crippen LogP) is 4.62. The summed E-state index contributed by atoms with van der Waals surface area (Å²) < 4.78 is 34.3. The van der Waals surface area contributed by atoms with E-state index in [2.05, 4.69) is 15.8 Å². The van der Waals surface area contributed by atoms with Crippen LogP contribution in [-0.2, 0) is 10.0 Å². The quantitative estimate of drug-likeness (QED) is 0.413. The van der Waals surface area contributed by atoms with Crippen molar-refractivity contribution in [2.45, 2.75) is 17.2 Å². The van der Waals surface area contributed by atoms with E-state index in [1.807, 2.05) is 18.2 Å². The third-order valence-corrected chi connectivity index (χ3v) is 7.29. The highest BCUT2D eigenvalue weighted by Crippen LogP contribution is 2.29. The van der Waals surface area contributed by atoms with Crippen molar-refractivity contribution in [1.82, 2.24) is 4.98 Å². The molecule has 1 N–H and O–H groups in total. The number of aromatic nitrogens is 1. The smallest absolute Gasteiger partial charge is 0.232 e. The van der Waals surface area contributed by atoms with E-state index in [1.54, 1.807) is 54.5 Å². The fourth-order valence-corrected chi connectivity index (χ4v) is 5.69. The summed E-state index contributed by atoms with van der Waals surface area (Å²) in [6, 6.07) is 15.0. The van der Waals surface area contributed by atoms with E-state index in [0.717, 1.165) is 22.0 Å². The van der Waals surface area contributed by atoms with Gasteiger partial charge in [0.05, 0.1) is 28.8 Å². The number of methoxy groups -OCH3 is 1. The number of ether oxygens (including phenoxy) is 1. The Kier molecular flexibility index (Phi) is 6.39. The molecule has 0 atom stereocenters. The number of hydrogen-bond donors (Lipinski definition) is 1. The van der Waals surface area contributed by atoms with Gasteiger partial charge in [-0.1, -0.05) is 30.0 Å². The van der Waals surface area contributed by atoms with Gasteiger partial charge in [0.25, 0.3) is 0 Å². The Balaban J connectivity index is 1.43. The molecule has 0 radical (unpaired) electrons. The summed E-state index contributed by atoms with van der Waals surface area (Å²) in [5.41, 5.74) is 1.54. The molecule has 1 heterocycles. The molecule has 0 spiro atoms. The minimum absolute atomic E-state index is 0.102. The van der Waals surface area contributed by atoms with E-state index < -0.39 is 10.0 Å². The molecule has 5 nitrogen and oxygen atoms in total. The Bertz CT molecular complexity index is 937. The van der Waals surface area contributed by atoms with Crippen molar-refractivity contribution in [3.8, 4) is 5.75 Å². The zero-order valence-corrected chi connectivity index (χ0v) is 16.8. The number of unbranched alkanes of at least 4 members (excludes halogenated alkanes) is 1. The molecule has 26 heavy (non-hydrogen) atoms. The topological polar surface area (TPSA) is 68.3 Å².